The summed E-state index contributed by atoms with van der Waals surface area (Å²) in [5.41, 5.74) is 0. The summed E-state index contributed by atoms with van der Waals surface area (Å²) in [7, 11) is 1.82. The van der Waals surface area contributed by atoms with E-state index in [1.165, 1.54) is 17.7 Å². The molecule has 0 bridgehead atoms. The second kappa shape index (κ2) is 8.12. The monoisotopic (exact) mass is 405 g/mol. The molecule has 0 aromatic heterocycles. The third-order valence-electron chi connectivity index (χ3n) is 3.11. The van der Waals surface area contributed by atoms with Crippen LogP contribution in [0.1, 0.15) is 26.7 Å². The van der Waals surface area contributed by atoms with E-state index in [1.54, 1.807) is 0 Å². The van der Waals surface area contributed by atoms with Crippen LogP contribution in [0.5, 0.6) is 0 Å². The van der Waals surface area contributed by atoms with Gasteiger partial charge in [0.25, 0.3) is 0 Å². The molecule has 5 heteroatoms. The van der Waals surface area contributed by atoms with Gasteiger partial charge in [0.05, 0.1) is 0 Å². The fourth-order valence-corrected chi connectivity index (χ4v) is 3.15. The summed E-state index contributed by atoms with van der Waals surface area (Å²) in [6.07, 6.45) is 2.55. The van der Waals surface area contributed by atoms with Gasteiger partial charge >= 0.3 is 0 Å². The number of aliphatic imine (C=N–C) groups is 1. The predicted molar refractivity (Wildman–Crippen MR) is 99.3 cm³/mol. The lowest BCUT2D eigenvalue weighted by Crippen LogP contribution is -2.43. The highest BCUT2D eigenvalue weighted by molar-refractivity contribution is 14.0. The van der Waals surface area contributed by atoms with Crippen molar-refractivity contribution >= 4 is 41.7 Å². The number of rotatable bonds is 5. The number of hydrogen-bond donors (Lipinski definition) is 2. The lowest BCUT2D eigenvalue weighted by atomic mass is 10.4. The summed E-state index contributed by atoms with van der Waals surface area (Å²) >= 11 is 1.98. The molecule has 1 fully saturated rings. The van der Waals surface area contributed by atoms with Crippen molar-refractivity contribution in [1.82, 2.24) is 10.6 Å². The minimum absolute atomic E-state index is 0. The van der Waals surface area contributed by atoms with Crippen LogP contribution >= 0.6 is 35.7 Å². The molecule has 1 aromatic carbocycles. The van der Waals surface area contributed by atoms with E-state index in [0.29, 0.717) is 10.8 Å². The van der Waals surface area contributed by atoms with Crippen molar-refractivity contribution in [1.29, 1.82) is 0 Å². The molecule has 0 atom stereocenters. The van der Waals surface area contributed by atoms with Crippen LogP contribution in [0, 0.1) is 0 Å². The standard InChI is InChI=1S/C15H23N3S.HI/c1-12(2)18-14(16-3)17-11-15(9-10-15)19-13-7-5-4-6-8-13;/h4-8,12H,9-11H2,1-3H3,(H2,16,17,18);1H. The van der Waals surface area contributed by atoms with Gasteiger partial charge in [-0.25, -0.2) is 0 Å². The Labute approximate surface area is 143 Å². The number of benzene rings is 1. The second-order valence-corrected chi connectivity index (χ2v) is 6.86. The summed E-state index contributed by atoms with van der Waals surface area (Å²) in [5, 5.41) is 6.77. The van der Waals surface area contributed by atoms with Gasteiger partial charge in [0.1, 0.15) is 0 Å². The summed E-state index contributed by atoms with van der Waals surface area (Å²) in [4.78, 5) is 5.61. The second-order valence-electron chi connectivity index (χ2n) is 5.32. The molecule has 2 rings (SSSR count). The maximum absolute atomic E-state index is 4.25. The van der Waals surface area contributed by atoms with Crippen LogP contribution in [0.3, 0.4) is 0 Å². The first-order valence-corrected chi connectivity index (χ1v) is 7.66. The van der Waals surface area contributed by atoms with Crippen molar-refractivity contribution in [2.45, 2.75) is 42.4 Å². The highest BCUT2D eigenvalue weighted by Gasteiger charge is 2.43. The lowest BCUT2D eigenvalue weighted by molar-refractivity contribution is 0.691. The lowest BCUT2D eigenvalue weighted by Gasteiger charge is -2.19. The quantitative estimate of drug-likeness (QED) is 0.447. The fraction of sp³-hybridized carbons (Fsp3) is 0.533. The molecular formula is C15H24IN3S. The zero-order chi connectivity index (χ0) is 13.7. The van der Waals surface area contributed by atoms with Gasteiger partial charge in [0.2, 0.25) is 0 Å². The molecule has 0 heterocycles. The highest BCUT2D eigenvalue weighted by Crippen LogP contribution is 2.51. The van der Waals surface area contributed by atoms with E-state index in [1.807, 2.05) is 18.8 Å². The molecule has 0 spiro atoms. The Balaban J connectivity index is 0.00000200. The van der Waals surface area contributed by atoms with Crippen LogP contribution in [0.25, 0.3) is 0 Å². The minimum Gasteiger partial charge on any atom is -0.355 e. The number of hydrogen-bond acceptors (Lipinski definition) is 2. The Morgan fingerprint density at radius 2 is 1.95 bits per heavy atom. The van der Waals surface area contributed by atoms with Crippen molar-refractivity contribution in [3.05, 3.63) is 30.3 Å². The van der Waals surface area contributed by atoms with E-state index in [2.05, 4.69) is 59.8 Å². The average Bonchev–Trinajstić information content (AvgIpc) is 3.15. The van der Waals surface area contributed by atoms with E-state index in [-0.39, 0.29) is 24.0 Å². The van der Waals surface area contributed by atoms with Crippen molar-refractivity contribution in [3.8, 4) is 0 Å². The average molecular weight is 405 g/mol. The zero-order valence-corrected chi connectivity index (χ0v) is 15.5. The highest BCUT2D eigenvalue weighted by atomic mass is 127. The first-order chi connectivity index (χ1) is 9.13. The predicted octanol–water partition coefficient (Wildman–Crippen LogP) is 3.50. The van der Waals surface area contributed by atoms with Gasteiger partial charge in [0.15, 0.2) is 5.96 Å². The summed E-state index contributed by atoms with van der Waals surface area (Å²) in [5.74, 6) is 0.898. The van der Waals surface area contributed by atoms with E-state index >= 15 is 0 Å². The molecule has 0 radical (unpaired) electrons. The molecule has 0 saturated heterocycles. The van der Waals surface area contributed by atoms with Gasteiger partial charge in [-0.1, -0.05) is 18.2 Å². The van der Waals surface area contributed by atoms with Crippen molar-refractivity contribution < 1.29 is 0 Å². The van der Waals surface area contributed by atoms with Gasteiger partial charge in [-0.05, 0) is 38.8 Å². The van der Waals surface area contributed by atoms with Crippen LogP contribution in [0.4, 0.5) is 0 Å². The zero-order valence-electron chi connectivity index (χ0n) is 12.3. The van der Waals surface area contributed by atoms with E-state index in [9.17, 15) is 0 Å². The number of nitrogens with zero attached hydrogens (tertiary/aromatic N) is 1. The van der Waals surface area contributed by atoms with E-state index in [0.717, 1.165) is 12.5 Å². The Hall–Kier alpha value is -0.430. The molecule has 1 saturated carbocycles. The van der Waals surface area contributed by atoms with Gasteiger partial charge < -0.3 is 10.6 Å². The van der Waals surface area contributed by atoms with Crippen molar-refractivity contribution in [2.75, 3.05) is 13.6 Å². The number of nitrogens with one attached hydrogen (secondary N) is 2. The number of halogens is 1. The third kappa shape index (κ3) is 5.52. The van der Waals surface area contributed by atoms with Crippen LogP contribution in [-0.4, -0.2) is 30.3 Å². The normalized spacial score (nSPS) is 16.5. The fourth-order valence-electron chi connectivity index (χ4n) is 1.91. The first kappa shape index (κ1) is 17.6. The Kier molecular flexibility index (Phi) is 7.15. The Morgan fingerprint density at radius 3 is 2.45 bits per heavy atom. The van der Waals surface area contributed by atoms with Crippen LogP contribution in [0.15, 0.2) is 40.2 Å². The molecule has 20 heavy (non-hydrogen) atoms. The van der Waals surface area contributed by atoms with E-state index in [4.69, 9.17) is 0 Å². The van der Waals surface area contributed by atoms with Crippen LogP contribution < -0.4 is 10.6 Å². The summed E-state index contributed by atoms with van der Waals surface area (Å²) < 4.78 is 0.357. The van der Waals surface area contributed by atoms with Gasteiger partial charge in [0, 0.05) is 29.3 Å². The van der Waals surface area contributed by atoms with Crippen LogP contribution in [-0.2, 0) is 0 Å². The molecule has 112 valence electrons. The number of thioether (sulfide) groups is 1. The van der Waals surface area contributed by atoms with Crippen molar-refractivity contribution in [3.63, 3.8) is 0 Å². The molecule has 0 unspecified atom stereocenters. The minimum atomic E-state index is 0. The van der Waals surface area contributed by atoms with E-state index < -0.39 is 0 Å². The molecule has 1 aliphatic carbocycles. The smallest absolute Gasteiger partial charge is 0.191 e. The first-order valence-electron chi connectivity index (χ1n) is 6.85. The molecule has 1 aromatic rings. The maximum atomic E-state index is 4.25. The third-order valence-corrected chi connectivity index (χ3v) is 4.61. The summed E-state index contributed by atoms with van der Waals surface area (Å²) in [6, 6.07) is 11.0. The topological polar surface area (TPSA) is 36.4 Å². The molecule has 1 aliphatic rings. The van der Waals surface area contributed by atoms with Gasteiger partial charge in [-0.3, -0.25) is 4.99 Å². The molecule has 0 amide bonds. The largest absolute Gasteiger partial charge is 0.355 e. The van der Waals surface area contributed by atoms with Gasteiger partial charge in [-0.2, -0.15) is 0 Å². The van der Waals surface area contributed by atoms with Crippen molar-refractivity contribution in [2.24, 2.45) is 4.99 Å². The maximum Gasteiger partial charge on any atom is 0.191 e. The SMILES string of the molecule is CN=C(NCC1(Sc2ccccc2)CC1)NC(C)C.I. The number of guanidine groups is 1. The van der Waals surface area contributed by atoms with Gasteiger partial charge in [-0.15, -0.1) is 35.7 Å². The summed E-state index contributed by atoms with van der Waals surface area (Å²) in [6.45, 7) is 5.22. The Bertz CT molecular complexity index is 430. The molecule has 0 aliphatic heterocycles. The molecular weight excluding hydrogens is 381 g/mol. The van der Waals surface area contributed by atoms with Crippen LogP contribution in [0.2, 0.25) is 0 Å². The molecule has 3 nitrogen and oxygen atoms in total. The molecule has 2 N–H and O–H groups in total. The Morgan fingerprint density at radius 1 is 1.30 bits per heavy atom.